The highest BCUT2D eigenvalue weighted by atomic mass is 32.2. The molecule has 1 aliphatic rings. The van der Waals surface area contributed by atoms with E-state index in [1.54, 1.807) is 18.4 Å². The van der Waals surface area contributed by atoms with Crippen molar-refractivity contribution in [2.45, 2.75) is 10.4 Å². The van der Waals surface area contributed by atoms with Gasteiger partial charge in [0, 0.05) is 10.4 Å². The molecular weight excluding hydrogens is 511 g/mol. The number of methoxy groups -OCH3 is 1. The molecule has 0 amide bonds. The molecular formula is C26H17N5O2S3. The van der Waals surface area contributed by atoms with E-state index in [-0.39, 0.29) is 11.4 Å². The standard InChI is InChI=1S/C26H17N5O2S3/c1-33-15-8-6-14(7-9-15)22-17(13-27)23(28)31-25(32)21-16(19-4-2-10-34-19)12-18(20-5-3-11-35-20)29-24(21)30-26(31)36-22/h2-12,22H,28H2,1H3. The first-order valence-corrected chi connectivity index (χ1v) is 13.5. The van der Waals surface area contributed by atoms with Crippen molar-refractivity contribution < 1.29 is 4.74 Å². The lowest BCUT2D eigenvalue weighted by molar-refractivity contribution is 0.414. The highest BCUT2D eigenvalue weighted by Crippen LogP contribution is 2.45. The van der Waals surface area contributed by atoms with Crippen molar-refractivity contribution in [3.05, 3.63) is 86.8 Å². The number of hydrogen-bond donors (Lipinski definition) is 1. The number of nitrogens with two attached hydrogens (primary N) is 1. The number of benzene rings is 1. The molecule has 0 saturated carbocycles. The number of aromatic nitrogens is 3. The normalized spacial score (nSPS) is 15.1. The zero-order valence-corrected chi connectivity index (χ0v) is 21.3. The van der Waals surface area contributed by atoms with Gasteiger partial charge in [-0.15, -0.1) is 22.7 Å². The molecule has 1 unspecified atom stereocenters. The molecule has 2 N–H and O–H groups in total. The highest BCUT2D eigenvalue weighted by molar-refractivity contribution is 7.99. The lowest BCUT2D eigenvalue weighted by Gasteiger charge is -2.26. The number of hydrogen-bond acceptors (Lipinski definition) is 9. The Kier molecular flexibility index (Phi) is 5.60. The maximum atomic E-state index is 13.9. The maximum absolute atomic E-state index is 13.9. The topological polar surface area (TPSA) is 107 Å². The first-order valence-electron chi connectivity index (χ1n) is 10.9. The molecule has 10 heteroatoms. The van der Waals surface area contributed by atoms with Gasteiger partial charge in [-0.25, -0.2) is 14.5 Å². The molecule has 0 bridgehead atoms. The molecule has 36 heavy (non-hydrogen) atoms. The molecule has 0 aliphatic carbocycles. The van der Waals surface area contributed by atoms with Crippen molar-refractivity contribution >= 4 is 51.3 Å². The summed E-state index contributed by atoms with van der Waals surface area (Å²) in [5.41, 5.74) is 9.17. The minimum absolute atomic E-state index is 0.0888. The minimum Gasteiger partial charge on any atom is -0.497 e. The number of pyridine rings is 1. The Labute approximate surface area is 218 Å². The van der Waals surface area contributed by atoms with Crippen LogP contribution in [-0.4, -0.2) is 21.6 Å². The van der Waals surface area contributed by atoms with Crippen molar-refractivity contribution in [3.63, 3.8) is 0 Å². The van der Waals surface area contributed by atoms with E-state index in [0.717, 1.165) is 26.6 Å². The molecule has 1 atom stereocenters. The van der Waals surface area contributed by atoms with E-state index in [2.05, 4.69) is 6.07 Å². The van der Waals surface area contributed by atoms with E-state index in [9.17, 15) is 10.1 Å². The minimum atomic E-state index is -0.414. The summed E-state index contributed by atoms with van der Waals surface area (Å²) in [6.07, 6.45) is 0. The second kappa shape index (κ2) is 8.95. The third kappa shape index (κ3) is 3.60. The Morgan fingerprint density at radius 1 is 1.06 bits per heavy atom. The Bertz CT molecular complexity index is 1730. The third-order valence-corrected chi connectivity index (χ3v) is 8.94. The van der Waals surface area contributed by atoms with Gasteiger partial charge >= 0.3 is 0 Å². The summed E-state index contributed by atoms with van der Waals surface area (Å²) in [5.74, 6) is 0.799. The van der Waals surface area contributed by atoms with Crippen LogP contribution in [0.15, 0.2) is 80.9 Å². The Balaban J connectivity index is 1.61. The van der Waals surface area contributed by atoms with Crippen molar-refractivity contribution in [2.75, 3.05) is 7.11 Å². The summed E-state index contributed by atoms with van der Waals surface area (Å²) in [4.78, 5) is 25.4. The van der Waals surface area contributed by atoms with E-state index in [0.29, 0.717) is 27.5 Å². The number of thiophene rings is 2. The smallest absolute Gasteiger partial charge is 0.270 e. The van der Waals surface area contributed by atoms with Crippen LogP contribution in [0.4, 0.5) is 0 Å². The summed E-state index contributed by atoms with van der Waals surface area (Å²) in [5, 5.41) is 14.3. The number of ether oxygens (including phenoxy) is 1. The fraction of sp³-hybridized carbons (Fsp3) is 0.0769. The third-order valence-electron chi connectivity index (χ3n) is 5.91. The molecule has 0 radical (unpaired) electrons. The van der Waals surface area contributed by atoms with Gasteiger partial charge in [0.15, 0.2) is 10.8 Å². The summed E-state index contributed by atoms with van der Waals surface area (Å²) in [6, 6.07) is 19.5. The van der Waals surface area contributed by atoms with Crippen LogP contribution in [0.5, 0.6) is 5.75 Å². The molecule has 5 heterocycles. The first-order chi connectivity index (χ1) is 17.6. The SMILES string of the molecule is COc1ccc(C2Sc3nc4nc(-c5cccs5)cc(-c5cccs5)c4c(=O)n3C(N)=C2C#N)cc1. The van der Waals surface area contributed by atoms with Crippen molar-refractivity contribution in [3.8, 4) is 32.8 Å². The molecule has 4 aromatic heterocycles. The highest BCUT2D eigenvalue weighted by Gasteiger charge is 2.32. The number of nitrogens with zero attached hydrogens (tertiary/aromatic N) is 4. The summed E-state index contributed by atoms with van der Waals surface area (Å²) in [7, 11) is 1.60. The molecule has 7 nitrogen and oxygen atoms in total. The predicted octanol–water partition coefficient (Wildman–Crippen LogP) is 5.75. The van der Waals surface area contributed by atoms with E-state index < -0.39 is 5.25 Å². The fourth-order valence-electron chi connectivity index (χ4n) is 4.18. The molecule has 1 aliphatic heterocycles. The molecule has 0 saturated heterocycles. The van der Waals surface area contributed by atoms with Gasteiger partial charge in [-0.05, 0) is 46.7 Å². The van der Waals surface area contributed by atoms with E-state index in [1.807, 2.05) is 65.4 Å². The quantitative estimate of drug-likeness (QED) is 0.296. The van der Waals surface area contributed by atoms with Crippen molar-refractivity contribution in [2.24, 2.45) is 5.73 Å². The Hall–Kier alpha value is -3.91. The second-order valence-corrected chi connectivity index (χ2v) is 10.9. The zero-order chi connectivity index (χ0) is 24.8. The van der Waals surface area contributed by atoms with Gasteiger partial charge in [0.2, 0.25) is 0 Å². The van der Waals surface area contributed by atoms with Crippen LogP contribution >= 0.6 is 34.4 Å². The number of thioether (sulfide) groups is 1. The Morgan fingerprint density at radius 3 is 2.42 bits per heavy atom. The predicted molar refractivity (Wildman–Crippen MR) is 145 cm³/mol. The van der Waals surface area contributed by atoms with E-state index in [1.165, 1.54) is 27.7 Å². The maximum Gasteiger partial charge on any atom is 0.270 e. The van der Waals surface area contributed by atoms with Gasteiger partial charge in [-0.1, -0.05) is 36.0 Å². The summed E-state index contributed by atoms with van der Waals surface area (Å²) < 4.78 is 6.60. The molecule has 6 rings (SSSR count). The van der Waals surface area contributed by atoms with Crippen LogP contribution in [-0.2, 0) is 0 Å². The van der Waals surface area contributed by atoms with Gasteiger partial charge in [-0.2, -0.15) is 5.26 Å². The monoisotopic (exact) mass is 527 g/mol. The van der Waals surface area contributed by atoms with Gasteiger partial charge in [0.25, 0.3) is 5.56 Å². The van der Waals surface area contributed by atoms with Crippen LogP contribution in [0.2, 0.25) is 0 Å². The molecule has 5 aromatic rings. The van der Waals surface area contributed by atoms with Crippen molar-refractivity contribution in [1.29, 1.82) is 5.26 Å². The summed E-state index contributed by atoms with van der Waals surface area (Å²) >= 11 is 4.43. The van der Waals surface area contributed by atoms with Crippen LogP contribution < -0.4 is 16.0 Å². The average molecular weight is 528 g/mol. The molecule has 0 spiro atoms. The van der Waals surface area contributed by atoms with Crippen LogP contribution in [0.25, 0.3) is 37.9 Å². The average Bonchev–Trinajstić information content (AvgIpc) is 3.63. The second-order valence-electron chi connectivity index (χ2n) is 7.92. The van der Waals surface area contributed by atoms with Crippen LogP contribution in [0.3, 0.4) is 0 Å². The number of fused-ring (bicyclic) bond motifs is 2. The van der Waals surface area contributed by atoms with E-state index in [4.69, 9.17) is 20.4 Å². The van der Waals surface area contributed by atoms with Crippen molar-refractivity contribution in [1.82, 2.24) is 14.5 Å². The number of nitriles is 1. The van der Waals surface area contributed by atoms with Crippen LogP contribution in [0, 0.1) is 11.3 Å². The van der Waals surface area contributed by atoms with Gasteiger partial charge in [0.1, 0.15) is 17.6 Å². The van der Waals surface area contributed by atoms with Gasteiger partial charge in [0.05, 0.1) is 33.9 Å². The van der Waals surface area contributed by atoms with Gasteiger partial charge in [-0.3, -0.25) is 4.79 Å². The molecule has 176 valence electrons. The van der Waals surface area contributed by atoms with Crippen LogP contribution in [0.1, 0.15) is 10.8 Å². The molecule has 1 aromatic carbocycles. The van der Waals surface area contributed by atoms with E-state index >= 15 is 0 Å². The fourth-order valence-corrected chi connectivity index (χ4v) is 6.84. The zero-order valence-electron chi connectivity index (χ0n) is 18.8. The van der Waals surface area contributed by atoms with Gasteiger partial charge < -0.3 is 10.5 Å². The lowest BCUT2D eigenvalue weighted by Crippen LogP contribution is -2.31. The largest absolute Gasteiger partial charge is 0.497 e. The first kappa shape index (κ1) is 22.5. The summed E-state index contributed by atoms with van der Waals surface area (Å²) in [6.45, 7) is 0. The molecule has 0 fully saturated rings. The lowest BCUT2D eigenvalue weighted by atomic mass is 10.0. The Morgan fingerprint density at radius 2 is 1.78 bits per heavy atom. The number of rotatable bonds is 4.